The lowest BCUT2D eigenvalue weighted by molar-refractivity contribution is -0.167. The highest BCUT2D eigenvalue weighted by atomic mass is 31.2. The van der Waals surface area contributed by atoms with Crippen molar-refractivity contribution in [2.24, 2.45) is 5.41 Å². The van der Waals surface area contributed by atoms with Gasteiger partial charge in [0.25, 0.3) is 0 Å². The molecule has 0 radical (unpaired) electrons. The average molecular weight is 406 g/mol. The number of hydrogen-bond acceptors (Lipinski definition) is 5. The molecule has 1 atom stereocenters. The molecular weight excluding hydrogens is 379 g/mol. The van der Waals surface area contributed by atoms with Gasteiger partial charge in [-0.25, -0.2) is 9.36 Å². The summed E-state index contributed by atoms with van der Waals surface area (Å²) in [6.45, 7) is 6.39. The highest BCUT2D eigenvalue weighted by molar-refractivity contribution is 7.48. The Labute approximate surface area is 166 Å². The molecule has 0 amide bonds. The quantitative estimate of drug-likeness (QED) is 0.559. The third kappa shape index (κ3) is 5.76. The molecule has 0 unspecified atom stereocenters. The second-order valence-electron chi connectivity index (χ2n) is 7.64. The first kappa shape index (κ1) is 22.3. The van der Waals surface area contributed by atoms with Gasteiger partial charge in [0.05, 0.1) is 13.2 Å². The van der Waals surface area contributed by atoms with Crippen LogP contribution < -0.4 is 0 Å². The first-order chi connectivity index (χ1) is 13.1. The number of hydrogen-bond donors (Lipinski definition) is 1. The SMILES string of the molecule is CC(C)(C)[C@](C)(OP(=O)(OCc1ccccc1)OCc1ccccc1)C(=O)O. The largest absolute Gasteiger partial charge is 0.479 e. The summed E-state index contributed by atoms with van der Waals surface area (Å²) < 4.78 is 30.1. The Morgan fingerprint density at radius 2 is 1.25 bits per heavy atom. The van der Waals surface area contributed by atoms with Crippen molar-refractivity contribution in [2.75, 3.05) is 0 Å². The fourth-order valence-corrected chi connectivity index (χ4v) is 3.86. The van der Waals surface area contributed by atoms with E-state index in [1.54, 1.807) is 20.8 Å². The van der Waals surface area contributed by atoms with Crippen molar-refractivity contribution in [3.05, 3.63) is 71.8 Å². The van der Waals surface area contributed by atoms with Gasteiger partial charge in [-0.15, -0.1) is 0 Å². The number of carboxylic acid groups (broad SMARTS) is 1. The predicted molar refractivity (Wildman–Crippen MR) is 107 cm³/mol. The van der Waals surface area contributed by atoms with Crippen LogP contribution in [0.1, 0.15) is 38.8 Å². The normalized spacial score (nSPS) is 14.4. The summed E-state index contributed by atoms with van der Waals surface area (Å²) in [5, 5.41) is 9.74. The molecule has 0 aliphatic heterocycles. The Morgan fingerprint density at radius 1 is 0.857 bits per heavy atom. The monoisotopic (exact) mass is 406 g/mol. The van der Waals surface area contributed by atoms with Crippen molar-refractivity contribution in [1.82, 2.24) is 0 Å². The molecule has 28 heavy (non-hydrogen) atoms. The van der Waals surface area contributed by atoms with Gasteiger partial charge in [0.15, 0.2) is 5.60 Å². The average Bonchev–Trinajstić information content (AvgIpc) is 2.65. The van der Waals surface area contributed by atoms with Gasteiger partial charge >= 0.3 is 13.8 Å². The van der Waals surface area contributed by atoms with Gasteiger partial charge in [-0.2, -0.15) is 0 Å². The summed E-state index contributed by atoms with van der Waals surface area (Å²) in [4.78, 5) is 11.9. The van der Waals surface area contributed by atoms with Crippen LogP contribution in [0, 0.1) is 5.41 Å². The highest BCUT2D eigenvalue weighted by Crippen LogP contribution is 2.57. The van der Waals surface area contributed by atoms with E-state index in [1.165, 1.54) is 6.92 Å². The first-order valence-corrected chi connectivity index (χ1v) is 10.4. The zero-order chi connectivity index (χ0) is 20.8. The summed E-state index contributed by atoms with van der Waals surface area (Å²) in [7, 11) is -4.20. The smallest absolute Gasteiger partial charge is 0.476 e. The molecular formula is C21H27O6P. The molecule has 2 aromatic rings. The topological polar surface area (TPSA) is 82.1 Å². The lowest BCUT2D eigenvalue weighted by Gasteiger charge is -2.38. The van der Waals surface area contributed by atoms with E-state index >= 15 is 0 Å². The molecule has 2 aromatic carbocycles. The van der Waals surface area contributed by atoms with Crippen LogP contribution in [0.25, 0.3) is 0 Å². The van der Waals surface area contributed by atoms with Crippen LogP contribution in [-0.2, 0) is 36.1 Å². The summed E-state index contributed by atoms with van der Waals surface area (Å²) >= 11 is 0. The number of carbonyl (C=O) groups is 1. The molecule has 0 fully saturated rings. The third-order valence-corrected chi connectivity index (χ3v) is 6.08. The minimum absolute atomic E-state index is 0.0350. The molecule has 0 spiro atoms. The summed E-state index contributed by atoms with van der Waals surface area (Å²) in [5.41, 5.74) is -1.11. The van der Waals surface area contributed by atoms with E-state index < -0.39 is 24.8 Å². The standard InChI is InChI=1S/C21H27O6P/c1-20(2,3)21(4,19(22)23)27-28(24,25-15-17-11-7-5-8-12-17)26-16-18-13-9-6-10-14-18/h5-14H,15-16H2,1-4H3,(H,22,23)/t21-/m1/s1. The molecule has 152 valence electrons. The second-order valence-corrected chi connectivity index (χ2v) is 9.24. The minimum atomic E-state index is -4.20. The van der Waals surface area contributed by atoms with Gasteiger partial charge in [0, 0.05) is 5.41 Å². The number of rotatable bonds is 9. The lowest BCUT2D eigenvalue weighted by atomic mass is 9.78. The Hall–Kier alpha value is -1.98. The number of phosphoric acid groups is 1. The second kappa shape index (κ2) is 9.01. The molecule has 7 heteroatoms. The van der Waals surface area contributed by atoms with Gasteiger partial charge in [-0.05, 0) is 18.1 Å². The van der Waals surface area contributed by atoms with Crippen molar-refractivity contribution in [3.63, 3.8) is 0 Å². The summed E-state index contributed by atoms with van der Waals surface area (Å²) in [6, 6.07) is 18.2. The highest BCUT2D eigenvalue weighted by Gasteiger charge is 2.51. The molecule has 0 saturated carbocycles. The van der Waals surface area contributed by atoms with Crippen molar-refractivity contribution in [2.45, 2.75) is 46.5 Å². The molecule has 6 nitrogen and oxygen atoms in total. The van der Waals surface area contributed by atoms with Crippen molar-refractivity contribution >= 4 is 13.8 Å². The van der Waals surface area contributed by atoms with E-state index in [1.807, 2.05) is 60.7 Å². The van der Waals surface area contributed by atoms with E-state index in [9.17, 15) is 14.5 Å². The number of phosphoric ester groups is 1. The molecule has 0 aliphatic rings. The number of carboxylic acids is 1. The van der Waals surface area contributed by atoms with E-state index in [0.717, 1.165) is 11.1 Å². The predicted octanol–water partition coefficient (Wildman–Crippen LogP) is 5.43. The van der Waals surface area contributed by atoms with E-state index in [4.69, 9.17) is 13.6 Å². The molecule has 1 N–H and O–H groups in total. The van der Waals surface area contributed by atoms with Crippen LogP contribution in [0.5, 0.6) is 0 Å². The maximum Gasteiger partial charge on any atom is 0.476 e. The van der Waals surface area contributed by atoms with Crippen LogP contribution in [0.4, 0.5) is 0 Å². The molecule has 0 aliphatic carbocycles. The minimum Gasteiger partial charge on any atom is -0.479 e. The van der Waals surface area contributed by atoms with Gasteiger partial charge in [-0.1, -0.05) is 81.4 Å². The molecule has 0 saturated heterocycles. The van der Waals surface area contributed by atoms with E-state index in [2.05, 4.69) is 0 Å². The molecule has 0 aromatic heterocycles. The van der Waals surface area contributed by atoms with E-state index in [-0.39, 0.29) is 13.2 Å². The van der Waals surface area contributed by atoms with Crippen molar-refractivity contribution < 1.29 is 28.0 Å². The Bertz CT molecular complexity index is 768. The third-order valence-electron chi connectivity index (χ3n) is 4.60. The Kier molecular flexibility index (Phi) is 7.18. The fraction of sp³-hybridized carbons (Fsp3) is 0.381. The van der Waals surface area contributed by atoms with Crippen LogP contribution in [-0.4, -0.2) is 16.7 Å². The fourth-order valence-electron chi connectivity index (χ4n) is 2.27. The van der Waals surface area contributed by atoms with Gasteiger partial charge < -0.3 is 5.11 Å². The van der Waals surface area contributed by atoms with Crippen LogP contribution >= 0.6 is 7.82 Å². The van der Waals surface area contributed by atoms with Crippen molar-refractivity contribution in [3.8, 4) is 0 Å². The number of aliphatic carboxylic acids is 1. The molecule has 0 heterocycles. The maximum atomic E-state index is 13.4. The van der Waals surface area contributed by atoms with Gasteiger partial charge in [0.2, 0.25) is 0 Å². The van der Waals surface area contributed by atoms with Crippen LogP contribution in [0.15, 0.2) is 60.7 Å². The summed E-state index contributed by atoms with van der Waals surface area (Å²) in [5.74, 6) is -1.24. The number of benzene rings is 2. The Morgan fingerprint density at radius 3 is 1.57 bits per heavy atom. The van der Waals surface area contributed by atoms with Crippen molar-refractivity contribution in [1.29, 1.82) is 0 Å². The summed E-state index contributed by atoms with van der Waals surface area (Å²) in [6.07, 6.45) is 0. The first-order valence-electron chi connectivity index (χ1n) is 8.97. The van der Waals surface area contributed by atoms with Gasteiger partial charge in [-0.3, -0.25) is 13.6 Å². The zero-order valence-corrected chi connectivity index (χ0v) is 17.5. The zero-order valence-electron chi connectivity index (χ0n) is 16.6. The molecule has 2 rings (SSSR count). The van der Waals surface area contributed by atoms with Crippen LogP contribution in [0.2, 0.25) is 0 Å². The molecule has 0 bridgehead atoms. The van der Waals surface area contributed by atoms with E-state index in [0.29, 0.717) is 0 Å². The van der Waals surface area contributed by atoms with Gasteiger partial charge in [0.1, 0.15) is 0 Å². The Balaban J connectivity index is 2.25. The maximum absolute atomic E-state index is 13.4. The lowest BCUT2D eigenvalue weighted by Crippen LogP contribution is -2.49. The van der Waals surface area contributed by atoms with Crippen LogP contribution in [0.3, 0.4) is 0 Å².